The van der Waals surface area contributed by atoms with Crippen LogP contribution in [0.15, 0.2) is 77.7 Å². The number of sulfonamides is 1. The molecule has 2 N–H and O–H groups in total. The average Bonchev–Trinajstić information content (AvgIpc) is 3.17. The van der Waals surface area contributed by atoms with Crippen molar-refractivity contribution >= 4 is 38.4 Å². The summed E-state index contributed by atoms with van der Waals surface area (Å²) in [6, 6.07) is 21.8. The van der Waals surface area contributed by atoms with Gasteiger partial charge in [-0.05, 0) is 68.3 Å². The Bertz CT molecular complexity index is 1710. The summed E-state index contributed by atoms with van der Waals surface area (Å²) in [5, 5.41) is 12.1. The summed E-state index contributed by atoms with van der Waals surface area (Å²) in [6.45, 7) is 2.83. The van der Waals surface area contributed by atoms with Gasteiger partial charge in [0.05, 0.1) is 15.9 Å². The van der Waals surface area contributed by atoms with Crippen molar-refractivity contribution in [2.45, 2.75) is 44.0 Å². The van der Waals surface area contributed by atoms with Crippen molar-refractivity contribution in [3.8, 4) is 11.4 Å². The van der Waals surface area contributed by atoms with E-state index in [1.54, 1.807) is 30.3 Å². The Morgan fingerprint density at radius 2 is 1.50 bits per heavy atom. The van der Waals surface area contributed by atoms with Gasteiger partial charge in [-0.25, -0.2) is 18.4 Å². The summed E-state index contributed by atoms with van der Waals surface area (Å²) in [7, 11) is -3.87. The second-order valence-corrected chi connectivity index (χ2v) is 11.1. The molecule has 0 spiro atoms. The molecule has 38 heavy (non-hydrogen) atoms. The van der Waals surface area contributed by atoms with Crippen LogP contribution in [0.5, 0.6) is 0 Å². The quantitative estimate of drug-likeness (QED) is 0.302. The van der Waals surface area contributed by atoms with Crippen molar-refractivity contribution < 1.29 is 8.42 Å². The first-order valence-electron chi connectivity index (χ1n) is 12.6. The molecule has 0 fully saturated rings. The lowest BCUT2D eigenvalue weighted by atomic mass is 10.2. The highest BCUT2D eigenvalue weighted by atomic mass is 32.2. The number of rotatable bonds is 6. The van der Waals surface area contributed by atoms with Crippen LogP contribution in [0.2, 0.25) is 0 Å². The molecule has 1 aliphatic rings. The van der Waals surface area contributed by atoms with Gasteiger partial charge in [0.15, 0.2) is 17.5 Å². The van der Waals surface area contributed by atoms with Crippen LogP contribution in [0.3, 0.4) is 0 Å². The molecular weight excluding hydrogens is 498 g/mol. The van der Waals surface area contributed by atoms with Crippen LogP contribution in [0.1, 0.15) is 30.7 Å². The Labute approximate surface area is 221 Å². The van der Waals surface area contributed by atoms with Gasteiger partial charge < -0.3 is 9.88 Å². The maximum absolute atomic E-state index is 13.1. The number of fused-ring (bicyclic) bond motifs is 2. The standard InChI is InChI=1S/C28H27N7O2S/c1-19-10-16-22(17-11-19)38(36,37)34-27-26(30-23-7-4-5-8-24(23)31-27)29-21-14-12-20(13-15-21)28-33-32-25-9-3-2-6-18-35(25)28/h4-5,7-8,10-17H,2-3,6,9,18H2,1H3,(H,29,30)(H,31,34). The molecule has 1 aliphatic heterocycles. The summed E-state index contributed by atoms with van der Waals surface area (Å²) in [4.78, 5) is 9.41. The van der Waals surface area contributed by atoms with E-state index in [0.717, 1.165) is 54.3 Å². The highest BCUT2D eigenvalue weighted by Crippen LogP contribution is 2.29. The van der Waals surface area contributed by atoms with Crippen LogP contribution >= 0.6 is 0 Å². The number of hydrogen-bond acceptors (Lipinski definition) is 7. The van der Waals surface area contributed by atoms with Gasteiger partial charge in [0, 0.05) is 24.2 Å². The smallest absolute Gasteiger partial charge is 0.263 e. The normalized spacial score (nSPS) is 13.6. The van der Waals surface area contributed by atoms with Gasteiger partial charge in [-0.2, -0.15) is 0 Å². The number of anilines is 3. The molecule has 0 radical (unpaired) electrons. The first kappa shape index (κ1) is 24.1. The Kier molecular flexibility index (Phi) is 6.24. The minimum absolute atomic E-state index is 0.121. The molecule has 10 heteroatoms. The van der Waals surface area contributed by atoms with Crippen molar-refractivity contribution in [2.75, 3.05) is 10.0 Å². The Morgan fingerprint density at radius 1 is 0.789 bits per heavy atom. The zero-order valence-corrected chi connectivity index (χ0v) is 21.7. The van der Waals surface area contributed by atoms with Crippen LogP contribution in [0.4, 0.5) is 17.3 Å². The molecule has 0 amide bonds. The minimum Gasteiger partial charge on any atom is -0.337 e. The van der Waals surface area contributed by atoms with Crippen LogP contribution < -0.4 is 10.0 Å². The fourth-order valence-corrected chi connectivity index (χ4v) is 5.61. The molecule has 9 nitrogen and oxygen atoms in total. The van der Waals surface area contributed by atoms with Gasteiger partial charge in [0.25, 0.3) is 10.0 Å². The van der Waals surface area contributed by atoms with E-state index in [1.807, 2.05) is 49.4 Å². The van der Waals surface area contributed by atoms with E-state index in [1.165, 1.54) is 6.42 Å². The number of benzene rings is 3. The van der Waals surface area contributed by atoms with E-state index in [2.05, 4.69) is 34.8 Å². The first-order chi connectivity index (χ1) is 18.5. The Morgan fingerprint density at radius 3 is 2.24 bits per heavy atom. The van der Waals surface area contributed by atoms with Gasteiger partial charge in [0.1, 0.15) is 5.82 Å². The van der Waals surface area contributed by atoms with E-state index in [0.29, 0.717) is 16.9 Å². The third kappa shape index (κ3) is 4.82. The number of para-hydroxylation sites is 2. The summed E-state index contributed by atoms with van der Waals surface area (Å²) in [6.07, 6.45) is 4.42. The van der Waals surface area contributed by atoms with E-state index in [9.17, 15) is 8.42 Å². The maximum Gasteiger partial charge on any atom is 0.263 e. The number of hydrogen-bond donors (Lipinski definition) is 2. The maximum atomic E-state index is 13.1. The highest BCUT2D eigenvalue weighted by molar-refractivity contribution is 7.92. The highest BCUT2D eigenvalue weighted by Gasteiger charge is 2.20. The lowest BCUT2D eigenvalue weighted by Gasteiger charge is -2.14. The van der Waals surface area contributed by atoms with Crippen molar-refractivity contribution in [3.63, 3.8) is 0 Å². The van der Waals surface area contributed by atoms with Crippen LogP contribution in [-0.4, -0.2) is 33.2 Å². The van der Waals surface area contributed by atoms with Gasteiger partial charge >= 0.3 is 0 Å². The van der Waals surface area contributed by atoms with E-state index in [-0.39, 0.29) is 10.7 Å². The molecule has 192 valence electrons. The largest absolute Gasteiger partial charge is 0.337 e. The third-order valence-electron chi connectivity index (χ3n) is 6.65. The fourth-order valence-electron chi connectivity index (χ4n) is 4.60. The Hall–Kier alpha value is -4.31. The van der Waals surface area contributed by atoms with Gasteiger partial charge in [-0.15, -0.1) is 10.2 Å². The van der Waals surface area contributed by atoms with Crippen LogP contribution in [-0.2, 0) is 23.0 Å². The third-order valence-corrected chi connectivity index (χ3v) is 8.00. The monoisotopic (exact) mass is 525 g/mol. The van der Waals surface area contributed by atoms with E-state index >= 15 is 0 Å². The number of nitrogens with zero attached hydrogens (tertiary/aromatic N) is 5. The second-order valence-electron chi connectivity index (χ2n) is 9.43. The summed E-state index contributed by atoms with van der Waals surface area (Å²) < 4.78 is 31.1. The molecular formula is C28H27N7O2S. The molecule has 5 aromatic rings. The summed E-state index contributed by atoms with van der Waals surface area (Å²) in [5.41, 5.74) is 3.92. The van der Waals surface area contributed by atoms with Crippen LogP contribution in [0.25, 0.3) is 22.4 Å². The van der Waals surface area contributed by atoms with Crippen molar-refractivity contribution in [3.05, 3.63) is 84.2 Å². The summed E-state index contributed by atoms with van der Waals surface area (Å²) >= 11 is 0. The fraction of sp³-hybridized carbons (Fsp3) is 0.214. The minimum atomic E-state index is -3.87. The average molecular weight is 526 g/mol. The Balaban J connectivity index is 1.32. The molecule has 2 aromatic heterocycles. The molecule has 3 heterocycles. The van der Waals surface area contributed by atoms with Crippen LogP contribution in [0, 0.1) is 6.92 Å². The van der Waals surface area contributed by atoms with Crippen molar-refractivity contribution in [1.82, 2.24) is 24.7 Å². The number of nitrogens with one attached hydrogen (secondary N) is 2. The first-order valence-corrected chi connectivity index (χ1v) is 14.1. The van der Waals surface area contributed by atoms with Crippen molar-refractivity contribution in [1.29, 1.82) is 0 Å². The molecule has 0 atom stereocenters. The van der Waals surface area contributed by atoms with E-state index in [4.69, 9.17) is 0 Å². The summed E-state index contributed by atoms with van der Waals surface area (Å²) in [5.74, 6) is 2.33. The SMILES string of the molecule is Cc1ccc(S(=O)(=O)Nc2nc3ccccc3nc2Nc2ccc(-c3nnc4n3CCCCC4)cc2)cc1. The van der Waals surface area contributed by atoms with Crippen molar-refractivity contribution in [2.24, 2.45) is 0 Å². The van der Waals surface area contributed by atoms with E-state index < -0.39 is 10.0 Å². The lowest BCUT2D eigenvalue weighted by molar-refractivity contribution is 0.601. The molecule has 0 unspecified atom stereocenters. The molecule has 3 aromatic carbocycles. The molecule has 0 bridgehead atoms. The molecule has 0 saturated heterocycles. The predicted molar refractivity (Wildman–Crippen MR) is 148 cm³/mol. The van der Waals surface area contributed by atoms with Gasteiger partial charge in [0.2, 0.25) is 0 Å². The van der Waals surface area contributed by atoms with Gasteiger partial charge in [-0.1, -0.05) is 36.2 Å². The topological polar surface area (TPSA) is 115 Å². The van der Waals surface area contributed by atoms with Gasteiger partial charge in [-0.3, -0.25) is 4.72 Å². The predicted octanol–water partition coefficient (Wildman–Crippen LogP) is 5.47. The zero-order chi connectivity index (χ0) is 26.1. The second kappa shape index (κ2) is 9.86. The number of aromatic nitrogens is 5. The zero-order valence-electron chi connectivity index (χ0n) is 20.9. The molecule has 6 rings (SSSR count). The molecule has 0 saturated carbocycles. The lowest BCUT2D eigenvalue weighted by Crippen LogP contribution is -2.16. The number of aryl methyl sites for hydroxylation is 2. The molecule has 0 aliphatic carbocycles.